The van der Waals surface area contributed by atoms with Crippen molar-refractivity contribution in [3.63, 3.8) is 0 Å². The molecule has 1 fully saturated rings. The molecule has 4 heteroatoms. The third-order valence-corrected chi connectivity index (χ3v) is 3.89. The first-order valence-electron chi connectivity index (χ1n) is 5.33. The summed E-state index contributed by atoms with van der Waals surface area (Å²) >= 11 is 9.29. The Balaban J connectivity index is 2.16. The number of aromatic nitrogens is 1. The molecule has 0 amide bonds. The van der Waals surface area contributed by atoms with Crippen LogP contribution in [0.15, 0.2) is 16.7 Å². The molecule has 1 aromatic rings. The van der Waals surface area contributed by atoms with Gasteiger partial charge < -0.3 is 4.90 Å². The van der Waals surface area contributed by atoms with Crippen LogP contribution in [-0.4, -0.2) is 18.1 Å². The summed E-state index contributed by atoms with van der Waals surface area (Å²) in [5, 5.41) is 0.536. The average Bonchev–Trinajstić information content (AvgIpc) is 2.50. The van der Waals surface area contributed by atoms with Gasteiger partial charge in [0.05, 0.1) is 16.4 Å². The zero-order chi connectivity index (χ0) is 10.7. The number of pyridine rings is 1. The summed E-state index contributed by atoms with van der Waals surface area (Å²) in [5.74, 6) is 0. The highest BCUT2D eigenvalue weighted by molar-refractivity contribution is 9.10. The van der Waals surface area contributed by atoms with Gasteiger partial charge in [0.15, 0.2) is 0 Å². The molecule has 0 bridgehead atoms. The van der Waals surface area contributed by atoms with E-state index in [-0.39, 0.29) is 0 Å². The van der Waals surface area contributed by atoms with Gasteiger partial charge in [0, 0.05) is 13.1 Å². The molecule has 0 spiro atoms. The molecule has 15 heavy (non-hydrogen) atoms. The van der Waals surface area contributed by atoms with Crippen LogP contribution in [0.5, 0.6) is 0 Å². The van der Waals surface area contributed by atoms with E-state index in [1.54, 1.807) is 0 Å². The first-order valence-corrected chi connectivity index (χ1v) is 6.50. The van der Waals surface area contributed by atoms with E-state index in [0.717, 1.165) is 17.6 Å². The Hall–Kier alpha value is -0.280. The summed E-state index contributed by atoms with van der Waals surface area (Å²) < 4.78 is 0.880. The molecule has 0 aromatic carbocycles. The lowest BCUT2D eigenvalue weighted by Crippen LogP contribution is -2.23. The van der Waals surface area contributed by atoms with Crippen molar-refractivity contribution in [2.45, 2.75) is 25.7 Å². The topological polar surface area (TPSA) is 16.1 Å². The summed E-state index contributed by atoms with van der Waals surface area (Å²) in [6, 6.07) is 2.06. The van der Waals surface area contributed by atoms with Gasteiger partial charge in [-0.05, 0) is 34.8 Å². The zero-order valence-corrected chi connectivity index (χ0v) is 10.9. The van der Waals surface area contributed by atoms with E-state index < -0.39 is 0 Å². The van der Waals surface area contributed by atoms with Gasteiger partial charge in [-0.25, -0.2) is 4.98 Å². The van der Waals surface area contributed by atoms with E-state index in [1.807, 2.05) is 6.20 Å². The van der Waals surface area contributed by atoms with Gasteiger partial charge in [-0.1, -0.05) is 24.4 Å². The van der Waals surface area contributed by atoms with Crippen molar-refractivity contribution >= 4 is 33.2 Å². The second kappa shape index (κ2) is 5.17. The molecule has 1 aliphatic rings. The maximum absolute atomic E-state index is 5.88. The largest absolute Gasteiger partial charge is 0.370 e. The molecule has 0 unspecified atom stereocenters. The van der Waals surface area contributed by atoms with Gasteiger partial charge in [-0.3, -0.25) is 0 Å². The predicted molar refractivity (Wildman–Crippen MR) is 67.6 cm³/mol. The Bertz CT molecular complexity index is 335. The molecule has 0 N–H and O–H groups in total. The minimum absolute atomic E-state index is 0.536. The first-order chi connectivity index (χ1) is 7.27. The molecule has 1 saturated heterocycles. The average molecular weight is 290 g/mol. The molecule has 0 saturated carbocycles. The van der Waals surface area contributed by atoms with Crippen LogP contribution in [0.1, 0.15) is 25.7 Å². The zero-order valence-electron chi connectivity index (χ0n) is 8.55. The van der Waals surface area contributed by atoms with Crippen LogP contribution < -0.4 is 4.90 Å². The maximum atomic E-state index is 5.88. The summed E-state index contributed by atoms with van der Waals surface area (Å²) in [4.78, 5) is 6.55. The van der Waals surface area contributed by atoms with Gasteiger partial charge in [-0.2, -0.15) is 0 Å². The number of halogens is 2. The van der Waals surface area contributed by atoms with Crippen LogP contribution in [0.25, 0.3) is 0 Å². The van der Waals surface area contributed by atoms with Crippen molar-refractivity contribution in [3.05, 3.63) is 21.9 Å². The van der Waals surface area contributed by atoms with Gasteiger partial charge in [0.25, 0.3) is 0 Å². The van der Waals surface area contributed by atoms with Crippen LogP contribution in [0.2, 0.25) is 5.15 Å². The lowest BCUT2D eigenvalue weighted by molar-refractivity contribution is 0.726. The molecule has 0 radical (unpaired) electrons. The second-order valence-electron chi connectivity index (χ2n) is 3.87. The van der Waals surface area contributed by atoms with E-state index >= 15 is 0 Å². The quantitative estimate of drug-likeness (QED) is 0.730. The molecular formula is C11H14BrClN2. The fourth-order valence-electron chi connectivity index (χ4n) is 1.91. The third-order valence-electron chi connectivity index (χ3n) is 2.75. The highest BCUT2D eigenvalue weighted by Gasteiger charge is 2.11. The van der Waals surface area contributed by atoms with Crippen molar-refractivity contribution in [3.8, 4) is 0 Å². The molecule has 2 rings (SSSR count). The number of hydrogen-bond acceptors (Lipinski definition) is 2. The van der Waals surface area contributed by atoms with E-state index in [0.29, 0.717) is 5.15 Å². The Morgan fingerprint density at radius 1 is 1.20 bits per heavy atom. The highest BCUT2D eigenvalue weighted by Crippen LogP contribution is 2.26. The summed E-state index contributed by atoms with van der Waals surface area (Å²) in [6.45, 7) is 2.27. The monoisotopic (exact) mass is 288 g/mol. The third kappa shape index (κ3) is 2.85. The smallest absolute Gasteiger partial charge is 0.143 e. The number of hydrogen-bond donors (Lipinski definition) is 0. The summed E-state index contributed by atoms with van der Waals surface area (Å²) in [6.07, 6.45) is 7.11. The van der Waals surface area contributed by atoms with Crippen molar-refractivity contribution in [1.82, 2.24) is 4.98 Å². The van der Waals surface area contributed by atoms with E-state index in [4.69, 9.17) is 11.6 Å². The fraction of sp³-hybridized carbons (Fsp3) is 0.545. The predicted octanol–water partition coefficient (Wildman–Crippen LogP) is 3.88. The molecule has 2 nitrogen and oxygen atoms in total. The molecule has 0 atom stereocenters. The van der Waals surface area contributed by atoms with Crippen molar-refractivity contribution < 1.29 is 0 Å². The maximum Gasteiger partial charge on any atom is 0.143 e. The van der Waals surface area contributed by atoms with Gasteiger partial charge in [-0.15, -0.1) is 0 Å². The Kier molecular flexibility index (Phi) is 3.87. The number of rotatable bonds is 1. The molecule has 1 aromatic heterocycles. The fourth-order valence-corrected chi connectivity index (χ4v) is 2.35. The van der Waals surface area contributed by atoms with Crippen molar-refractivity contribution in [2.24, 2.45) is 0 Å². The Labute approximate surface area is 104 Å². The number of nitrogens with zero attached hydrogens (tertiary/aromatic N) is 2. The van der Waals surface area contributed by atoms with Crippen molar-refractivity contribution in [1.29, 1.82) is 0 Å². The lowest BCUT2D eigenvalue weighted by Gasteiger charge is -2.22. The van der Waals surface area contributed by atoms with Crippen LogP contribution in [0.4, 0.5) is 5.69 Å². The second-order valence-corrected chi connectivity index (χ2v) is 5.08. The normalized spacial score (nSPS) is 17.6. The number of anilines is 1. The van der Waals surface area contributed by atoms with Crippen LogP contribution in [0.3, 0.4) is 0 Å². The van der Waals surface area contributed by atoms with Gasteiger partial charge in [0.2, 0.25) is 0 Å². The molecule has 0 aliphatic carbocycles. The SMILES string of the molecule is Clc1ncc(N2CCCCCC2)cc1Br. The van der Waals surface area contributed by atoms with Crippen LogP contribution in [-0.2, 0) is 0 Å². The highest BCUT2D eigenvalue weighted by atomic mass is 79.9. The summed E-state index contributed by atoms with van der Waals surface area (Å²) in [5.41, 5.74) is 1.17. The summed E-state index contributed by atoms with van der Waals surface area (Å²) in [7, 11) is 0. The van der Waals surface area contributed by atoms with E-state index in [9.17, 15) is 0 Å². The Morgan fingerprint density at radius 3 is 2.47 bits per heavy atom. The van der Waals surface area contributed by atoms with E-state index in [1.165, 1.54) is 31.4 Å². The standard InChI is InChI=1S/C11H14BrClN2/c12-10-7-9(8-14-11(10)13)15-5-3-1-2-4-6-15/h7-8H,1-6H2. The van der Waals surface area contributed by atoms with E-state index in [2.05, 4.69) is 31.9 Å². The van der Waals surface area contributed by atoms with Gasteiger partial charge >= 0.3 is 0 Å². The minimum atomic E-state index is 0.536. The molecular weight excluding hydrogens is 275 g/mol. The first kappa shape index (κ1) is 11.2. The molecule has 1 aliphatic heterocycles. The van der Waals surface area contributed by atoms with Crippen molar-refractivity contribution in [2.75, 3.05) is 18.0 Å². The molecule has 2 heterocycles. The van der Waals surface area contributed by atoms with Crippen LogP contribution >= 0.6 is 27.5 Å². The van der Waals surface area contributed by atoms with Gasteiger partial charge in [0.1, 0.15) is 5.15 Å². The minimum Gasteiger partial charge on any atom is -0.370 e. The Morgan fingerprint density at radius 2 is 1.87 bits per heavy atom. The van der Waals surface area contributed by atoms with Crippen LogP contribution in [0, 0.1) is 0 Å². The molecule has 82 valence electrons. The lowest BCUT2D eigenvalue weighted by atomic mass is 10.2.